The van der Waals surface area contributed by atoms with Crippen molar-refractivity contribution in [1.82, 2.24) is 14.3 Å². The molecule has 3 aromatic rings. The third-order valence-corrected chi connectivity index (χ3v) is 9.23. The van der Waals surface area contributed by atoms with Gasteiger partial charge in [-0.1, -0.05) is 54.0 Å². The molecule has 184 valence electrons. The molecule has 1 N–H and O–H groups in total. The van der Waals surface area contributed by atoms with Crippen LogP contribution in [0.3, 0.4) is 0 Å². The second-order valence-electron chi connectivity index (χ2n) is 8.50. The highest BCUT2D eigenvalue weighted by Gasteiger charge is 2.30. The van der Waals surface area contributed by atoms with E-state index in [0.717, 1.165) is 24.8 Å². The van der Waals surface area contributed by atoms with Crippen molar-refractivity contribution >= 4 is 45.0 Å². The molecular formula is C25H27ClN4O3S2. The van der Waals surface area contributed by atoms with Gasteiger partial charge in [0, 0.05) is 24.0 Å². The van der Waals surface area contributed by atoms with Crippen molar-refractivity contribution in [2.75, 3.05) is 11.9 Å². The molecule has 35 heavy (non-hydrogen) atoms. The number of thioether (sulfide) groups is 1. The molecule has 1 amide bonds. The van der Waals surface area contributed by atoms with Gasteiger partial charge in [-0.25, -0.2) is 18.4 Å². The number of hydrogen-bond acceptors (Lipinski definition) is 6. The van der Waals surface area contributed by atoms with E-state index < -0.39 is 15.9 Å². The van der Waals surface area contributed by atoms with E-state index >= 15 is 0 Å². The van der Waals surface area contributed by atoms with Gasteiger partial charge in [-0.3, -0.25) is 4.79 Å². The van der Waals surface area contributed by atoms with Crippen molar-refractivity contribution in [2.45, 2.75) is 55.0 Å². The maximum atomic E-state index is 13.0. The maximum Gasteiger partial charge on any atom is 0.275 e. The fraction of sp³-hybridized carbons (Fsp3) is 0.320. The minimum Gasteiger partial charge on any atom is -0.321 e. The quantitative estimate of drug-likeness (QED) is 0.318. The zero-order valence-electron chi connectivity index (χ0n) is 19.6. The molecular weight excluding hydrogens is 504 g/mol. The molecule has 1 saturated heterocycles. The number of rotatable bonds is 7. The van der Waals surface area contributed by atoms with Gasteiger partial charge in [0.05, 0.1) is 16.1 Å². The molecule has 4 rings (SSSR count). The predicted octanol–water partition coefficient (Wildman–Crippen LogP) is 5.55. The molecule has 0 saturated carbocycles. The first-order valence-corrected chi connectivity index (χ1v) is 14.2. The summed E-state index contributed by atoms with van der Waals surface area (Å²) < 4.78 is 27.6. The Morgan fingerprint density at radius 2 is 1.91 bits per heavy atom. The van der Waals surface area contributed by atoms with Gasteiger partial charge in [0.1, 0.15) is 0 Å². The first-order valence-electron chi connectivity index (χ1n) is 11.4. The van der Waals surface area contributed by atoms with Gasteiger partial charge in [0.2, 0.25) is 10.0 Å². The van der Waals surface area contributed by atoms with Gasteiger partial charge in [-0.05, 0) is 62.1 Å². The van der Waals surface area contributed by atoms with Crippen molar-refractivity contribution in [1.29, 1.82) is 0 Å². The number of piperidine rings is 1. The number of halogens is 1. The van der Waals surface area contributed by atoms with Crippen LogP contribution in [0.1, 0.15) is 47.8 Å². The topological polar surface area (TPSA) is 92.3 Å². The van der Waals surface area contributed by atoms with Gasteiger partial charge in [0.15, 0.2) is 10.9 Å². The van der Waals surface area contributed by atoms with E-state index in [1.807, 2.05) is 38.1 Å². The number of aromatic nitrogens is 2. The lowest BCUT2D eigenvalue weighted by Gasteiger charge is -2.32. The molecule has 10 heteroatoms. The lowest BCUT2D eigenvalue weighted by molar-refractivity contribution is 0.102. The summed E-state index contributed by atoms with van der Waals surface area (Å²) in [4.78, 5) is 21.6. The van der Waals surface area contributed by atoms with Crippen molar-refractivity contribution in [3.05, 3.63) is 76.6 Å². The van der Waals surface area contributed by atoms with Gasteiger partial charge in [-0.2, -0.15) is 4.31 Å². The van der Waals surface area contributed by atoms with Crippen LogP contribution in [-0.4, -0.2) is 41.2 Å². The Morgan fingerprint density at radius 3 is 2.63 bits per heavy atom. The number of carbonyl (C=O) groups excluding carboxylic acids is 1. The fourth-order valence-electron chi connectivity index (χ4n) is 3.96. The van der Waals surface area contributed by atoms with E-state index in [0.29, 0.717) is 23.1 Å². The van der Waals surface area contributed by atoms with Crippen LogP contribution in [0.15, 0.2) is 64.8 Å². The molecule has 0 radical (unpaired) electrons. The molecule has 2 heterocycles. The van der Waals surface area contributed by atoms with Crippen molar-refractivity contribution in [3.8, 4) is 0 Å². The fourth-order valence-corrected chi connectivity index (χ4v) is 6.73. The van der Waals surface area contributed by atoms with Crippen LogP contribution in [-0.2, 0) is 15.8 Å². The smallest absolute Gasteiger partial charge is 0.275 e. The number of sulfonamides is 1. The average molecular weight is 531 g/mol. The summed E-state index contributed by atoms with van der Waals surface area (Å²) in [5, 5.41) is 3.33. The molecule has 2 aromatic carbocycles. The molecule has 0 aliphatic carbocycles. The minimum absolute atomic E-state index is 0.0223. The summed E-state index contributed by atoms with van der Waals surface area (Å²) in [7, 11) is -3.58. The van der Waals surface area contributed by atoms with E-state index in [-0.39, 0.29) is 21.7 Å². The zero-order valence-corrected chi connectivity index (χ0v) is 22.0. The highest BCUT2D eigenvalue weighted by molar-refractivity contribution is 7.98. The summed E-state index contributed by atoms with van der Waals surface area (Å²) in [6.07, 6.45) is 4.18. The summed E-state index contributed by atoms with van der Waals surface area (Å²) in [6.45, 7) is 4.50. The number of amides is 1. The number of hydrogen-bond donors (Lipinski definition) is 1. The van der Waals surface area contributed by atoms with Crippen LogP contribution >= 0.6 is 23.4 Å². The minimum atomic E-state index is -3.58. The second-order valence-corrected chi connectivity index (χ2v) is 11.7. The highest BCUT2D eigenvalue weighted by Crippen LogP contribution is 2.27. The van der Waals surface area contributed by atoms with Crippen LogP contribution in [0, 0.1) is 6.92 Å². The Bertz CT molecular complexity index is 1320. The molecule has 1 aromatic heterocycles. The molecule has 7 nitrogen and oxygen atoms in total. The Morgan fingerprint density at radius 1 is 1.17 bits per heavy atom. The number of aryl methyl sites for hydroxylation is 1. The highest BCUT2D eigenvalue weighted by atomic mass is 35.5. The number of carbonyl (C=O) groups is 1. The first-order chi connectivity index (χ1) is 16.8. The molecule has 1 fully saturated rings. The number of benzene rings is 2. The number of anilines is 1. The Labute approximate surface area is 215 Å². The van der Waals surface area contributed by atoms with Crippen LogP contribution < -0.4 is 5.32 Å². The third kappa shape index (κ3) is 6.03. The molecule has 0 bridgehead atoms. The summed E-state index contributed by atoms with van der Waals surface area (Å²) >= 11 is 7.62. The molecule has 1 aliphatic rings. The summed E-state index contributed by atoms with van der Waals surface area (Å²) in [6, 6.07) is 14.2. The van der Waals surface area contributed by atoms with Gasteiger partial charge in [-0.15, -0.1) is 0 Å². The maximum absolute atomic E-state index is 13.0. The van der Waals surface area contributed by atoms with Gasteiger partial charge < -0.3 is 5.32 Å². The van der Waals surface area contributed by atoms with Crippen molar-refractivity contribution < 1.29 is 13.2 Å². The molecule has 1 unspecified atom stereocenters. The Kier molecular flexibility index (Phi) is 8.11. The predicted molar refractivity (Wildman–Crippen MR) is 139 cm³/mol. The summed E-state index contributed by atoms with van der Waals surface area (Å²) in [5.41, 5.74) is 2.85. The van der Waals surface area contributed by atoms with E-state index in [1.165, 1.54) is 35.7 Å². The molecule has 1 atom stereocenters. The monoisotopic (exact) mass is 530 g/mol. The van der Waals surface area contributed by atoms with E-state index in [9.17, 15) is 13.2 Å². The lowest BCUT2D eigenvalue weighted by Crippen LogP contribution is -2.41. The zero-order chi connectivity index (χ0) is 25.0. The Balaban J connectivity index is 1.45. The molecule has 0 spiro atoms. The lowest BCUT2D eigenvalue weighted by atomic mass is 10.1. The third-order valence-electron chi connectivity index (χ3n) is 6.02. The normalized spacial score (nSPS) is 16.7. The largest absolute Gasteiger partial charge is 0.321 e. The van der Waals surface area contributed by atoms with Crippen molar-refractivity contribution in [2.24, 2.45) is 0 Å². The first kappa shape index (κ1) is 25.6. The van der Waals surface area contributed by atoms with Crippen molar-refractivity contribution in [3.63, 3.8) is 0 Å². The SMILES string of the molecule is Cc1ccccc1CSc1ncc(Cl)c(C(=O)Nc2ccc(S(=O)(=O)N3CCCCC3C)cc2)n1. The average Bonchev–Trinajstić information content (AvgIpc) is 2.85. The van der Waals surface area contributed by atoms with Gasteiger partial charge >= 0.3 is 0 Å². The Hall–Kier alpha value is -2.46. The van der Waals surface area contributed by atoms with E-state index in [1.54, 1.807) is 16.4 Å². The van der Waals surface area contributed by atoms with Crippen LogP contribution in [0.2, 0.25) is 5.02 Å². The van der Waals surface area contributed by atoms with Crippen LogP contribution in [0.5, 0.6) is 0 Å². The second kappa shape index (κ2) is 11.1. The number of nitrogens with zero attached hydrogens (tertiary/aromatic N) is 3. The standard InChI is InChI=1S/C25H27ClN4O3S2/c1-17-7-3-4-9-19(17)16-34-25-27-15-22(26)23(29-25)24(31)28-20-10-12-21(13-11-20)35(32,33)30-14-6-5-8-18(30)2/h3-4,7,9-13,15,18H,5-6,8,14,16H2,1-2H3,(H,28,31). The summed E-state index contributed by atoms with van der Waals surface area (Å²) in [5.74, 6) is 0.177. The molecule has 1 aliphatic heterocycles. The van der Waals surface area contributed by atoms with Gasteiger partial charge in [0.25, 0.3) is 5.91 Å². The number of nitrogens with one attached hydrogen (secondary N) is 1. The van der Waals surface area contributed by atoms with E-state index in [2.05, 4.69) is 15.3 Å². The van der Waals surface area contributed by atoms with Crippen LogP contribution in [0.4, 0.5) is 5.69 Å². The van der Waals surface area contributed by atoms with E-state index in [4.69, 9.17) is 11.6 Å². The van der Waals surface area contributed by atoms with Crippen LogP contribution in [0.25, 0.3) is 0 Å².